The van der Waals surface area contributed by atoms with Gasteiger partial charge in [0.2, 0.25) is 0 Å². The van der Waals surface area contributed by atoms with Crippen molar-refractivity contribution in [1.82, 2.24) is 0 Å². The molecule has 5 heteroatoms. The molecule has 0 atom stereocenters. The largest absolute Gasteiger partial charge is 1.00 e. The predicted octanol–water partition coefficient (Wildman–Crippen LogP) is -2.63. The van der Waals surface area contributed by atoms with Gasteiger partial charge in [-0.1, -0.05) is 66.7 Å². The molecular weight excluding hydrogens is 372 g/mol. The smallest absolute Gasteiger partial charge is 0.102 e. The van der Waals surface area contributed by atoms with Gasteiger partial charge in [0, 0.05) is 11.1 Å². The molecular formula is C23H35ClN2O2. The number of halogens is 1. The molecule has 0 amide bonds. The summed E-state index contributed by atoms with van der Waals surface area (Å²) in [6.07, 6.45) is 1.50. The maximum Gasteiger partial charge on any atom is 0.102 e. The Morgan fingerprint density at radius 2 is 1.14 bits per heavy atom. The number of hydrogen-bond acceptors (Lipinski definition) is 2. The first-order valence-corrected chi connectivity index (χ1v) is 9.26. The SMILES string of the molecule is CC=C(C)C(=O)[O-].C[NH+](C)Cc1ccccc1.C[NH+](C)Cc1ccccc1.[Cl-]. The van der Waals surface area contributed by atoms with Crippen molar-refractivity contribution in [3.63, 3.8) is 0 Å². The molecule has 0 unspecified atom stereocenters. The Balaban J connectivity index is 0. The molecule has 2 rings (SSSR count). The average molecular weight is 407 g/mol. The van der Waals surface area contributed by atoms with E-state index in [9.17, 15) is 9.90 Å². The number of carbonyl (C=O) groups excluding carboxylic acids is 1. The molecule has 0 heterocycles. The third-order valence-electron chi connectivity index (χ3n) is 3.56. The summed E-state index contributed by atoms with van der Waals surface area (Å²) in [4.78, 5) is 12.7. The summed E-state index contributed by atoms with van der Waals surface area (Å²) < 4.78 is 0. The first-order valence-electron chi connectivity index (χ1n) is 9.26. The zero-order valence-corrected chi connectivity index (χ0v) is 18.7. The van der Waals surface area contributed by atoms with E-state index in [4.69, 9.17) is 0 Å². The van der Waals surface area contributed by atoms with E-state index in [1.165, 1.54) is 33.9 Å². The Hall–Kier alpha value is -2.14. The number of quaternary nitrogens is 2. The van der Waals surface area contributed by atoms with Crippen LogP contribution in [-0.4, -0.2) is 34.2 Å². The monoisotopic (exact) mass is 406 g/mol. The standard InChI is InChI=1S/2C9H13N.C5H8O2.ClH/c2*1-10(2)8-9-6-4-3-5-7-9;1-3-4(2)5(6)7;/h2*3-7H,8H2,1-2H3;3H,1-2H3,(H,6,7);1H. The van der Waals surface area contributed by atoms with E-state index in [-0.39, 0.29) is 18.0 Å². The number of allylic oxidation sites excluding steroid dienone is 1. The summed E-state index contributed by atoms with van der Waals surface area (Å²) in [5.74, 6) is -1.09. The fraction of sp³-hybridized carbons (Fsp3) is 0.348. The van der Waals surface area contributed by atoms with Crippen molar-refractivity contribution < 1.29 is 32.1 Å². The third kappa shape index (κ3) is 16.1. The maximum atomic E-state index is 9.75. The van der Waals surface area contributed by atoms with Gasteiger partial charge in [-0.2, -0.15) is 0 Å². The Labute approximate surface area is 176 Å². The van der Waals surface area contributed by atoms with E-state index in [1.54, 1.807) is 6.92 Å². The summed E-state index contributed by atoms with van der Waals surface area (Å²) in [7, 11) is 8.64. The Morgan fingerprint density at radius 3 is 1.32 bits per heavy atom. The second-order valence-electron chi connectivity index (χ2n) is 7.00. The third-order valence-corrected chi connectivity index (χ3v) is 3.56. The molecule has 2 N–H and O–H groups in total. The molecule has 2 aromatic rings. The average Bonchev–Trinajstić information content (AvgIpc) is 2.62. The van der Waals surface area contributed by atoms with Crippen LogP contribution in [0.4, 0.5) is 0 Å². The fourth-order valence-electron chi connectivity index (χ4n) is 2.13. The highest BCUT2D eigenvalue weighted by atomic mass is 35.5. The topological polar surface area (TPSA) is 49.0 Å². The number of rotatable bonds is 5. The molecule has 0 bridgehead atoms. The number of carboxylic acid groups (broad SMARTS) is 1. The molecule has 156 valence electrons. The Kier molecular flexibility index (Phi) is 17.0. The minimum absolute atomic E-state index is 0. The van der Waals surface area contributed by atoms with E-state index in [0.29, 0.717) is 0 Å². The quantitative estimate of drug-likeness (QED) is 0.534. The first kappa shape index (κ1) is 28.1. The molecule has 2 aromatic carbocycles. The molecule has 28 heavy (non-hydrogen) atoms. The molecule has 0 aliphatic heterocycles. The zero-order valence-electron chi connectivity index (χ0n) is 18.0. The van der Waals surface area contributed by atoms with E-state index >= 15 is 0 Å². The van der Waals surface area contributed by atoms with Crippen LogP contribution in [0.3, 0.4) is 0 Å². The van der Waals surface area contributed by atoms with E-state index < -0.39 is 5.97 Å². The van der Waals surface area contributed by atoms with E-state index in [2.05, 4.69) is 88.9 Å². The minimum Gasteiger partial charge on any atom is -1.00 e. The number of carboxylic acids is 1. The molecule has 0 aliphatic rings. The van der Waals surface area contributed by atoms with Crippen LogP contribution in [0.1, 0.15) is 25.0 Å². The van der Waals surface area contributed by atoms with Gasteiger partial charge in [0.15, 0.2) is 0 Å². The van der Waals surface area contributed by atoms with Crippen molar-refractivity contribution in [2.45, 2.75) is 26.9 Å². The molecule has 0 fully saturated rings. The lowest BCUT2D eigenvalue weighted by molar-refractivity contribution is -0.872. The molecule has 4 nitrogen and oxygen atoms in total. The second kappa shape index (κ2) is 17.0. The van der Waals surface area contributed by atoms with Gasteiger partial charge in [-0.05, 0) is 19.4 Å². The van der Waals surface area contributed by atoms with Gasteiger partial charge < -0.3 is 32.1 Å². The summed E-state index contributed by atoms with van der Waals surface area (Å²) in [5.41, 5.74) is 3.09. The minimum atomic E-state index is -1.09. The van der Waals surface area contributed by atoms with Crippen molar-refractivity contribution in [3.05, 3.63) is 83.4 Å². The number of carbonyl (C=O) groups is 1. The van der Waals surface area contributed by atoms with Gasteiger partial charge in [0.1, 0.15) is 13.1 Å². The van der Waals surface area contributed by atoms with Crippen LogP contribution < -0.4 is 27.3 Å². The molecule has 0 spiro atoms. The van der Waals surface area contributed by atoms with Crippen LogP contribution in [-0.2, 0) is 17.9 Å². The van der Waals surface area contributed by atoms with Crippen LogP contribution >= 0.6 is 0 Å². The fourth-order valence-corrected chi connectivity index (χ4v) is 2.13. The van der Waals surface area contributed by atoms with Gasteiger partial charge >= 0.3 is 0 Å². The van der Waals surface area contributed by atoms with Crippen LogP contribution in [0, 0.1) is 0 Å². The molecule has 0 saturated heterocycles. The number of aliphatic carboxylic acids is 1. The van der Waals surface area contributed by atoms with Gasteiger partial charge in [0.25, 0.3) is 0 Å². The molecule has 0 radical (unpaired) electrons. The lowest BCUT2D eigenvalue weighted by atomic mass is 10.2. The van der Waals surface area contributed by atoms with Crippen molar-refractivity contribution >= 4 is 5.97 Å². The van der Waals surface area contributed by atoms with Crippen LogP contribution in [0.2, 0.25) is 0 Å². The van der Waals surface area contributed by atoms with Crippen molar-refractivity contribution in [3.8, 4) is 0 Å². The van der Waals surface area contributed by atoms with Crippen molar-refractivity contribution in [2.75, 3.05) is 28.2 Å². The Morgan fingerprint density at radius 1 is 0.821 bits per heavy atom. The second-order valence-corrected chi connectivity index (χ2v) is 7.00. The number of nitrogens with one attached hydrogen (secondary N) is 2. The normalized spacial score (nSPS) is 10.2. The van der Waals surface area contributed by atoms with E-state index in [1.807, 2.05) is 0 Å². The first-order chi connectivity index (χ1) is 12.8. The molecule has 0 aliphatic carbocycles. The van der Waals surface area contributed by atoms with E-state index in [0.717, 1.165) is 13.1 Å². The summed E-state index contributed by atoms with van der Waals surface area (Å²) in [6, 6.07) is 21.1. The van der Waals surface area contributed by atoms with Crippen LogP contribution in [0.5, 0.6) is 0 Å². The summed E-state index contributed by atoms with van der Waals surface area (Å²) >= 11 is 0. The van der Waals surface area contributed by atoms with Crippen LogP contribution in [0.25, 0.3) is 0 Å². The Bertz CT molecular complexity index is 611. The van der Waals surface area contributed by atoms with Crippen molar-refractivity contribution in [1.29, 1.82) is 0 Å². The highest BCUT2D eigenvalue weighted by Gasteiger charge is 1.94. The lowest BCUT2D eigenvalue weighted by Crippen LogP contribution is -3.04. The number of benzene rings is 2. The zero-order chi connectivity index (χ0) is 20.7. The maximum absolute atomic E-state index is 9.75. The van der Waals surface area contributed by atoms with Crippen molar-refractivity contribution in [2.24, 2.45) is 0 Å². The van der Waals surface area contributed by atoms with Crippen LogP contribution in [0.15, 0.2) is 72.3 Å². The molecule has 0 saturated carbocycles. The van der Waals surface area contributed by atoms with Gasteiger partial charge in [-0.3, -0.25) is 0 Å². The molecule has 0 aromatic heterocycles. The highest BCUT2D eigenvalue weighted by Crippen LogP contribution is 1.95. The van der Waals surface area contributed by atoms with Gasteiger partial charge in [0.05, 0.1) is 34.2 Å². The predicted molar refractivity (Wildman–Crippen MR) is 110 cm³/mol. The lowest BCUT2D eigenvalue weighted by Gasteiger charge is -2.05. The number of hydrogen-bond donors (Lipinski definition) is 2. The summed E-state index contributed by atoms with van der Waals surface area (Å²) in [5, 5.41) is 9.75. The van der Waals surface area contributed by atoms with Gasteiger partial charge in [-0.25, -0.2) is 0 Å². The van der Waals surface area contributed by atoms with Gasteiger partial charge in [-0.15, -0.1) is 0 Å². The highest BCUT2D eigenvalue weighted by molar-refractivity contribution is 5.83. The summed E-state index contributed by atoms with van der Waals surface area (Å²) in [6.45, 7) is 5.38.